The standard InChI is InChI=1S/C13H19ClN2O.ClH/c1-9(2)7-12(16-13(17)8-15)10-3-5-11(14)6-4-10;/h3-6,9,12H,7-8,15H2,1-2H3,(H,16,17);1H. The van der Waals surface area contributed by atoms with Gasteiger partial charge in [-0.1, -0.05) is 37.6 Å². The highest BCUT2D eigenvalue weighted by molar-refractivity contribution is 6.30. The highest BCUT2D eigenvalue weighted by atomic mass is 35.5. The van der Waals surface area contributed by atoms with Crippen LogP contribution in [-0.2, 0) is 4.79 Å². The van der Waals surface area contributed by atoms with Gasteiger partial charge in [0.2, 0.25) is 5.91 Å². The number of nitrogens with one attached hydrogen (secondary N) is 1. The Morgan fingerprint density at radius 2 is 1.89 bits per heavy atom. The first kappa shape index (κ1) is 17.2. The number of amides is 1. The van der Waals surface area contributed by atoms with Crippen molar-refractivity contribution in [1.29, 1.82) is 0 Å². The highest BCUT2D eigenvalue weighted by Gasteiger charge is 2.15. The van der Waals surface area contributed by atoms with Crippen molar-refractivity contribution in [2.45, 2.75) is 26.3 Å². The van der Waals surface area contributed by atoms with Gasteiger partial charge in [0.1, 0.15) is 0 Å². The Balaban J connectivity index is 0.00000289. The van der Waals surface area contributed by atoms with Crippen LogP contribution in [0.15, 0.2) is 24.3 Å². The summed E-state index contributed by atoms with van der Waals surface area (Å²) in [6.07, 6.45) is 0.882. The van der Waals surface area contributed by atoms with Crippen LogP contribution in [0.5, 0.6) is 0 Å². The van der Waals surface area contributed by atoms with E-state index in [1.165, 1.54) is 0 Å². The number of halogens is 2. The van der Waals surface area contributed by atoms with Crippen molar-refractivity contribution in [2.24, 2.45) is 11.7 Å². The van der Waals surface area contributed by atoms with Crippen molar-refractivity contribution in [3.05, 3.63) is 34.9 Å². The van der Waals surface area contributed by atoms with Crippen LogP contribution in [0, 0.1) is 5.92 Å². The summed E-state index contributed by atoms with van der Waals surface area (Å²) in [5.41, 5.74) is 6.38. The molecule has 1 aromatic rings. The molecule has 0 aromatic heterocycles. The molecule has 0 aliphatic rings. The smallest absolute Gasteiger partial charge is 0.234 e. The molecule has 0 saturated heterocycles. The average Bonchev–Trinajstić information content (AvgIpc) is 2.28. The van der Waals surface area contributed by atoms with Crippen LogP contribution in [0.1, 0.15) is 31.9 Å². The molecular weight excluding hydrogens is 271 g/mol. The third kappa shape index (κ3) is 5.71. The average molecular weight is 291 g/mol. The Kier molecular flexibility index (Phi) is 8.00. The van der Waals surface area contributed by atoms with Crippen molar-refractivity contribution in [2.75, 3.05) is 6.54 Å². The number of benzene rings is 1. The molecule has 0 spiro atoms. The van der Waals surface area contributed by atoms with Gasteiger partial charge < -0.3 is 11.1 Å². The van der Waals surface area contributed by atoms with E-state index >= 15 is 0 Å². The molecule has 102 valence electrons. The zero-order valence-corrected chi connectivity index (χ0v) is 12.2. The van der Waals surface area contributed by atoms with Crippen LogP contribution >= 0.6 is 24.0 Å². The summed E-state index contributed by atoms with van der Waals surface area (Å²) < 4.78 is 0. The van der Waals surface area contributed by atoms with E-state index in [4.69, 9.17) is 17.3 Å². The fraction of sp³-hybridized carbons (Fsp3) is 0.462. The van der Waals surface area contributed by atoms with E-state index in [-0.39, 0.29) is 30.9 Å². The molecule has 0 aliphatic heterocycles. The number of hydrogen-bond donors (Lipinski definition) is 2. The predicted octanol–water partition coefficient (Wildman–Crippen LogP) is 2.92. The summed E-state index contributed by atoms with van der Waals surface area (Å²) in [5, 5.41) is 3.62. The van der Waals surface area contributed by atoms with Gasteiger partial charge in [0.05, 0.1) is 12.6 Å². The minimum atomic E-state index is -0.134. The maximum Gasteiger partial charge on any atom is 0.234 e. The van der Waals surface area contributed by atoms with E-state index < -0.39 is 0 Å². The largest absolute Gasteiger partial charge is 0.348 e. The summed E-state index contributed by atoms with van der Waals surface area (Å²) in [7, 11) is 0. The fourth-order valence-electron chi connectivity index (χ4n) is 1.70. The molecule has 18 heavy (non-hydrogen) atoms. The maximum atomic E-state index is 11.4. The summed E-state index contributed by atoms with van der Waals surface area (Å²) in [4.78, 5) is 11.4. The van der Waals surface area contributed by atoms with E-state index in [9.17, 15) is 4.79 Å². The van der Waals surface area contributed by atoms with Gasteiger partial charge >= 0.3 is 0 Å². The van der Waals surface area contributed by atoms with E-state index in [2.05, 4.69) is 19.2 Å². The van der Waals surface area contributed by atoms with Crippen molar-refractivity contribution in [3.63, 3.8) is 0 Å². The molecule has 1 aromatic carbocycles. The first-order chi connectivity index (χ1) is 8.02. The molecule has 1 rings (SSSR count). The second-order valence-electron chi connectivity index (χ2n) is 4.51. The van der Waals surface area contributed by atoms with Crippen LogP contribution in [0.4, 0.5) is 0 Å². The highest BCUT2D eigenvalue weighted by Crippen LogP contribution is 2.22. The first-order valence-corrected chi connectivity index (χ1v) is 6.15. The van der Waals surface area contributed by atoms with Gasteiger partial charge in [-0.15, -0.1) is 12.4 Å². The Hall–Kier alpha value is -0.770. The Bertz CT molecular complexity index is 366. The molecule has 3 nitrogen and oxygen atoms in total. The van der Waals surface area contributed by atoms with Crippen LogP contribution in [-0.4, -0.2) is 12.5 Å². The van der Waals surface area contributed by atoms with Crippen molar-refractivity contribution in [3.8, 4) is 0 Å². The van der Waals surface area contributed by atoms with Gasteiger partial charge in [-0.25, -0.2) is 0 Å². The molecule has 0 radical (unpaired) electrons. The predicted molar refractivity (Wildman–Crippen MR) is 78.1 cm³/mol. The number of rotatable bonds is 5. The van der Waals surface area contributed by atoms with Crippen LogP contribution < -0.4 is 11.1 Å². The second-order valence-corrected chi connectivity index (χ2v) is 4.94. The SMILES string of the molecule is CC(C)CC(NC(=O)CN)c1ccc(Cl)cc1.Cl. The Morgan fingerprint density at radius 3 is 2.33 bits per heavy atom. The number of hydrogen-bond acceptors (Lipinski definition) is 2. The molecule has 1 atom stereocenters. The van der Waals surface area contributed by atoms with Gasteiger partial charge in [-0.05, 0) is 30.0 Å². The van der Waals surface area contributed by atoms with Crippen LogP contribution in [0.2, 0.25) is 5.02 Å². The lowest BCUT2D eigenvalue weighted by atomic mass is 9.97. The number of carbonyl (C=O) groups excluding carboxylic acids is 1. The number of nitrogens with two attached hydrogens (primary N) is 1. The Morgan fingerprint density at radius 1 is 1.33 bits per heavy atom. The van der Waals surface area contributed by atoms with Gasteiger partial charge in [0, 0.05) is 5.02 Å². The third-order valence-electron chi connectivity index (χ3n) is 2.50. The molecule has 0 fully saturated rings. The van der Waals surface area contributed by atoms with Crippen molar-refractivity contribution in [1.82, 2.24) is 5.32 Å². The molecule has 0 aliphatic carbocycles. The lowest BCUT2D eigenvalue weighted by Gasteiger charge is -2.21. The quantitative estimate of drug-likeness (QED) is 0.876. The summed E-state index contributed by atoms with van der Waals surface area (Å²) in [5.74, 6) is 0.361. The van der Waals surface area contributed by atoms with Crippen molar-refractivity contribution >= 4 is 29.9 Å². The molecule has 0 bridgehead atoms. The minimum absolute atomic E-state index is 0. The monoisotopic (exact) mass is 290 g/mol. The fourth-order valence-corrected chi connectivity index (χ4v) is 1.82. The Labute approximate surface area is 119 Å². The normalized spacial score (nSPS) is 11.8. The van der Waals surface area contributed by atoms with E-state index in [0.29, 0.717) is 10.9 Å². The molecule has 5 heteroatoms. The summed E-state index contributed by atoms with van der Waals surface area (Å²) in [6, 6.07) is 7.54. The van der Waals surface area contributed by atoms with E-state index in [1.807, 2.05) is 24.3 Å². The summed E-state index contributed by atoms with van der Waals surface area (Å²) in [6.45, 7) is 4.26. The molecule has 3 N–H and O–H groups in total. The summed E-state index contributed by atoms with van der Waals surface area (Å²) >= 11 is 5.85. The van der Waals surface area contributed by atoms with Crippen molar-refractivity contribution < 1.29 is 4.79 Å². The van der Waals surface area contributed by atoms with Crippen LogP contribution in [0.3, 0.4) is 0 Å². The number of carbonyl (C=O) groups is 1. The molecular formula is C13H20Cl2N2O. The van der Waals surface area contributed by atoms with Gasteiger partial charge in [-0.3, -0.25) is 4.79 Å². The minimum Gasteiger partial charge on any atom is -0.348 e. The molecule has 1 amide bonds. The lowest BCUT2D eigenvalue weighted by Crippen LogP contribution is -2.34. The van der Waals surface area contributed by atoms with Gasteiger partial charge in [0.25, 0.3) is 0 Å². The first-order valence-electron chi connectivity index (χ1n) is 5.77. The molecule has 0 saturated carbocycles. The second kappa shape index (κ2) is 8.35. The van der Waals surface area contributed by atoms with E-state index in [1.54, 1.807) is 0 Å². The topological polar surface area (TPSA) is 55.1 Å². The van der Waals surface area contributed by atoms with E-state index in [0.717, 1.165) is 12.0 Å². The zero-order chi connectivity index (χ0) is 12.8. The maximum absolute atomic E-state index is 11.4. The lowest BCUT2D eigenvalue weighted by molar-refractivity contribution is -0.120. The molecule has 1 unspecified atom stereocenters. The third-order valence-corrected chi connectivity index (χ3v) is 2.75. The van der Waals surface area contributed by atoms with Crippen LogP contribution in [0.25, 0.3) is 0 Å². The van der Waals surface area contributed by atoms with Gasteiger partial charge in [-0.2, -0.15) is 0 Å². The zero-order valence-electron chi connectivity index (χ0n) is 10.7. The van der Waals surface area contributed by atoms with Gasteiger partial charge in [0.15, 0.2) is 0 Å². The molecule has 0 heterocycles.